The summed E-state index contributed by atoms with van der Waals surface area (Å²) in [7, 11) is 0. The van der Waals surface area contributed by atoms with E-state index in [1.54, 1.807) is 0 Å². The molecule has 0 spiro atoms. The lowest BCUT2D eigenvalue weighted by molar-refractivity contribution is -0.131. The second-order valence-electron chi connectivity index (χ2n) is 7.99. The molecule has 3 amide bonds. The van der Waals surface area contributed by atoms with Crippen molar-refractivity contribution in [3.05, 3.63) is 35.4 Å². The van der Waals surface area contributed by atoms with Crippen molar-refractivity contribution in [2.24, 2.45) is 11.8 Å². The molecule has 2 aliphatic rings. The van der Waals surface area contributed by atoms with E-state index in [0.717, 1.165) is 18.8 Å². The molecular weight excluding hydrogens is 326 g/mol. The topological polar surface area (TPSA) is 61.4 Å². The fraction of sp³-hybridized carbons (Fsp3) is 0.619. The van der Waals surface area contributed by atoms with Crippen LogP contribution in [-0.2, 0) is 17.9 Å². The maximum absolute atomic E-state index is 12.3. The molecule has 1 saturated carbocycles. The Morgan fingerprint density at radius 1 is 1.08 bits per heavy atom. The number of nitrogens with one attached hydrogen (secondary N) is 2. The maximum atomic E-state index is 12.3. The monoisotopic (exact) mass is 357 g/mol. The molecule has 0 radical (unpaired) electrons. The van der Waals surface area contributed by atoms with E-state index in [-0.39, 0.29) is 18.0 Å². The van der Waals surface area contributed by atoms with Gasteiger partial charge in [0.2, 0.25) is 5.91 Å². The minimum Gasteiger partial charge on any atom is -0.338 e. The zero-order chi connectivity index (χ0) is 18.5. The number of carbonyl (C=O) groups is 2. The Hall–Kier alpha value is -2.04. The number of rotatable bonds is 5. The summed E-state index contributed by atoms with van der Waals surface area (Å²) >= 11 is 0. The molecule has 0 aromatic heterocycles. The first-order valence-electron chi connectivity index (χ1n) is 9.92. The zero-order valence-electron chi connectivity index (χ0n) is 16.0. The molecule has 1 heterocycles. The molecule has 5 nitrogen and oxygen atoms in total. The molecule has 0 bridgehead atoms. The third-order valence-corrected chi connectivity index (χ3v) is 5.98. The fourth-order valence-corrected chi connectivity index (χ4v) is 4.02. The first kappa shape index (κ1) is 18.7. The number of carbonyl (C=O) groups excluding carboxylic acids is 2. The standard InChI is InChI=1S/C21H31N3O2/c1-15-9-10-19(12-16(15)2)23-21(26)22-11-5-8-20(25)24-13-17-6-3-4-7-18(17)14-24/h3-4,6-7,15-16,19H,5,8-14H2,1-2H3,(H2,22,23,26). The molecule has 0 saturated heterocycles. The fourth-order valence-electron chi connectivity index (χ4n) is 4.02. The van der Waals surface area contributed by atoms with Crippen molar-refractivity contribution in [3.8, 4) is 0 Å². The molecule has 142 valence electrons. The van der Waals surface area contributed by atoms with E-state index in [9.17, 15) is 9.59 Å². The van der Waals surface area contributed by atoms with E-state index in [2.05, 4.69) is 36.6 Å². The Morgan fingerprint density at radius 3 is 2.42 bits per heavy atom. The summed E-state index contributed by atoms with van der Waals surface area (Å²) < 4.78 is 0. The van der Waals surface area contributed by atoms with Gasteiger partial charge in [-0.15, -0.1) is 0 Å². The summed E-state index contributed by atoms with van der Waals surface area (Å²) in [5, 5.41) is 5.98. The Bertz CT molecular complexity index is 621. The number of hydrogen-bond donors (Lipinski definition) is 2. The van der Waals surface area contributed by atoms with Crippen LogP contribution in [0.1, 0.15) is 57.1 Å². The van der Waals surface area contributed by atoms with E-state index in [0.29, 0.717) is 38.4 Å². The van der Waals surface area contributed by atoms with Crippen LogP contribution in [0.25, 0.3) is 0 Å². The first-order chi connectivity index (χ1) is 12.5. The van der Waals surface area contributed by atoms with Gasteiger partial charge < -0.3 is 15.5 Å². The molecular formula is C21H31N3O2. The normalized spacial score (nSPS) is 24.8. The number of amides is 3. The predicted molar refractivity (Wildman–Crippen MR) is 102 cm³/mol. The van der Waals surface area contributed by atoms with Gasteiger partial charge in [-0.2, -0.15) is 0 Å². The van der Waals surface area contributed by atoms with E-state index in [4.69, 9.17) is 0 Å². The van der Waals surface area contributed by atoms with Crippen molar-refractivity contribution in [2.75, 3.05) is 6.54 Å². The average molecular weight is 357 g/mol. The summed E-state index contributed by atoms with van der Waals surface area (Å²) in [4.78, 5) is 26.3. The second-order valence-corrected chi connectivity index (χ2v) is 7.99. The summed E-state index contributed by atoms with van der Waals surface area (Å²) in [6.45, 7) is 6.51. The zero-order valence-corrected chi connectivity index (χ0v) is 16.0. The van der Waals surface area contributed by atoms with Gasteiger partial charge in [-0.05, 0) is 48.6 Å². The van der Waals surface area contributed by atoms with Crippen molar-refractivity contribution >= 4 is 11.9 Å². The minimum absolute atomic E-state index is 0.0993. The molecule has 2 N–H and O–H groups in total. The predicted octanol–water partition coefficient (Wildman–Crippen LogP) is 3.43. The van der Waals surface area contributed by atoms with Gasteiger partial charge in [0, 0.05) is 32.1 Å². The van der Waals surface area contributed by atoms with Gasteiger partial charge >= 0.3 is 6.03 Å². The number of fused-ring (bicyclic) bond motifs is 1. The maximum Gasteiger partial charge on any atom is 0.315 e. The molecule has 1 aromatic carbocycles. The summed E-state index contributed by atoms with van der Waals surface area (Å²) in [5.74, 6) is 1.58. The summed E-state index contributed by atoms with van der Waals surface area (Å²) in [6, 6.07) is 8.39. The third-order valence-electron chi connectivity index (χ3n) is 5.98. The van der Waals surface area contributed by atoms with Crippen LogP contribution in [0.4, 0.5) is 4.79 Å². The van der Waals surface area contributed by atoms with Gasteiger partial charge in [-0.25, -0.2) is 4.79 Å². The number of hydrogen-bond acceptors (Lipinski definition) is 2. The largest absolute Gasteiger partial charge is 0.338 e. The van der Waals surface area contributed by atoms with E-state index < -0.39 is 0 Å². The number of nitrogens with zero attached hydrogens (tertiary/aromatic N) is 1. The lowest BCUT2D eigenvalue weighted by atomic mass is 9.79. The highest BCUT2D eigenvalue weighted by Gasteiger charge is 2.25. The van der Waals surface area contributed by atoms with Crippen molar-refractivity contribution in [1.82, 2.24) is 15.5 Å². The van der Waals surface area contributed by atoms with Crippen LogP contribution in [0.3, 0.4) is 0 Å². The molecule has 3 unspecified atom stereocenters. The van der Waals surface area contributed by atoms with Crippen molar-refractivity contribution in [3.63, 3.8) is 0 Å². The highest BCUT2D eigenvalue weighted by Crippen LogP contribution is 2.29. The number of urea groups is 1. The third kappa shape index (κ3) is 4.77. The Balaban J connectivity index is 1.31. The Morgan fingerprint density at radius 2 is 1.77 bits per heavy atom. The van der Waals surface area contributed by atoms with Crippen LogP contribution in [0.15, 0.2) is 24.3 Å². The lowest BCUT2D eigenvalue weighted by Crippen LogP contribution is -2.45. The lowest BCUT2D eigenvalue weighted by Gasteiger charge is -2.32. The average Bonchev–Trinajstić information content (AvgIpc) is 3.06. The first-order valence-corrected chi connectivity index (χ1v) is 9.92. The van der Waals surface area contributed by atoms with Crippen LogP contribution in [0, 0.1) is 11.8 Å². The van der Waals surface area contributed by atoms with Gasteiger partial charge in [0.05, 0.1) is 0 Å². The van der Waals surface area contributed by atoms with Crippen LogP contribution in [-0.4, -0.2) is 29.4 Å². The highest BCUT2D eigenvalue weighted by molar-refractivity contribution is 5.77. The van der Waals surface area contributed by atoms with Crippen molar-refractivity contribution in [2.45, 2.75) is 65.1 Å². The van der Waals surface area contributed by atoms with E-state index >= 15 is 0 Å². The van der Waals surface area contributed by atoms with Gasteiger partial charge in [0.15, 0.2) is 0 Å². The minimum atomic E-state index is -0.0993. The molecule has 3 atom stereocenters. The Kier molecular flexibility index (Phi) is 6.17. The summed E-state index contributed by atoms with van der Waals surface area (Å²) in [5.41, 5.74) is 2.49. The van der Waals surface area contributed by atoms with E-state index in [1.165, 1.54) is 17.5 Å². The molecule has 1 fully saturated rings. The van der Waals surface area contributed by atoms with Crippen LogP contribution < -0.4 is 10.6 Å². The smallest absolute Gasteiger partial charge is 0.315 e. The van der Waals surface area contributed by atoms with Gasteiger partial charge in [-0.3, -0.25) is 4.79 Å². The molecule has 1 aliphatic carbocycles. The van der Waals surface area contributed by atoms with Gasteiger partial charge in [-0.1, -0.05) is 38.1 Å². The van der Waals surface area contributed by atoms with Crippen LogP contribution in [0.2, 0.25) is 0 Å². The van der Waals surface area contributed by atoms with Gasteiger partial charge in [0.1, 0.15) is 0 Å². The van der Waals surface area contributed by atoms with Crippen molar-refractivity contribution in [1.29, 1.82) is 0 Å². The molecule has 1 aromatic rings. The van der Waals surface area contributed by atoms with Crippen molar-refractivity contribution < 1.29 is 9.59 Å². The quantitative estimate of drug-likeness (QED) is 0.793. The number of benzene rings is 1. The molecule has 26 heavy (non-hydrogen) atoms. The van der Waals surface area contributed by atoms with Crippen LogP contribution in [0.5, 0.6) is 0 Å². The Labute approximate surface area is 156 Å². The molecule has 1 aliphatic heterocycles. The molecule has 3 rings (SSSR count). The summed E-state index contributed by atoms with van der Waals surface area (Å²) in [6.07, 6.45) is 4.46. The second kappa shape index (κ2) is 8.56. The van der Waals surface area contributed by atoms with E-state index in [1.807, 2.05) is 17.0 Å². The van der Waals surface area contributed by atoms with Gasteiger partial charge in [0.25, 0.3) is 0 Å². The molecule has 5 heteroatoms. The highest BCUT2D eigenvalue weighted by atomic mass is 16.2. The SMILES string of the molecule is CC1CCC(NC(=O)NCCCC(=O)N2Cc3ccccc3C2)CC1C. The van der Waals surface area contributed by atoms with Crippen LogP contribution >= 0.6 is 0 Å².